The minimum Gasteiger partial charge on any atom is -0.481 e. The van der Waals surface area contributed by atoms with Crippen LogP contribution in [0.5, 0.6) is 0 Å². The van der Waals surface area contributed by atoms with E-state index >= 15 is 0 Å². The predicted molar refractivity (Wildman–Crippen MR) is 92.3 cm³/mol. The highest BCUT2D eigenvalue weighted by Crippen LogP contribution is 2.26. The number of carbonyl (C=O) groups excluding carboxylic acids is 1. The molecule has 9 heteroatoms. The van der Waals surface area contributed by atoms with Gasteiger partial charge in [0.25, 0.3) is 5.91 Å². The number of benzene rings is 1. The largest absolute Gasteiger partial charge is 0.481 e. The summed E-state index contributed by atoms with van der Waals surface area (Å²) in [6.45, 7) is 1.28. The molecule has 8 nitrogen and oxygen atoms in total. The van der Waals surface area contributed by atoms with Gasteiger partial charge in [0.15, 0.2) is 0 Å². The maximum Gasteiger partial charge on any atom is 0.306 e. The van der Waals surface area contributed by atoms with Crippen LogP contribution in [-0.4, -0.2) is 62.1 Å². The van der Waals surface area contributed by atoms with Crippen LogP contribution in [0.3, 0.4) is 0 Å². The third-order valence-corrected chi connectivity index (χ3v) is 6.72. The second-order valence-corrected chi connectivity index (χ2v) is 8.50. The van der Waals surface area contributed by atoms with E-state index in [-0.39, 0.29) is 35.5 Å². The van der Waals surface area contributed by atoms with Crippen LogP contribution < -0.4 is 5.32 Å². The Hall–Kier alpha value is -1.97. The number of carbonyl (C=O) groups is 2. The molecule has 0 radical (unpaired) electrons. The normalized spacial score (nSPS) is 24.3. The number of rotatable bonds is 5. The zero-order valence-electron chi connectivity index (χ0n) is 14.3. The molecule has 0 bridgehead atoms. The van der Waals surface area contributed by atoms with E-state index in [4.69, 9.17) is 9.84 Å². The van der Waals surface area contributed by atoms with Gasteiger partial charge >= 0.3 is 5.97 Å². The zero-order chi connectivity index (χ0) is 18.7. The Morgan fingerprint density at radius 1 is 1.19 bits per heavy atom. The number of carboxylic acids is 1. The summed E-state index contributed by atoms with van der Waals surface area (Å²) in [7, 11) is -3.67. The highest BCUT2D eigenvalue weighted by atomic mass is 32.2. The third-order valence-electron chi connectivity index (χ3n) is 4.82. The average molecular weight is 382 g/mol. The maximum absolute atomic E-state index is 12.7. The van der Waals surface area contributed by atoms with E-state index in [9.17, 15) is 18.0 Å². The van der Waals surface area contributed by atoms with Gasteiger partial charge in [-0.15, -0.1) is 0 Å². The summed E-state index contributed by atoms with van der Waals surface area (Å²) in [5.74, 6) is -1.67. The van der Waals surface area contributed by atoms with Gasteiger partial charge in [-0.25, -0.2) is 8.42 Å². The Balaban J connectivity index is 1.70. The van der Waals surface area contributed by atoms with Crippen LogP contribution in [0, 0.1) is 5.92 Å². The highest BCUT2D eigenvalue weighted by Gasteiger charge is 2.31. The van der Waals surface area contributed by atoms with Gasteiger partial charge in [-0.3, -0.25) is 9.59 Å². The molecule has 1 heterocycles. The van der Waals surface area contributed by atoms with Crippen LogP contribution in [0.25, 0.3) is 0 Å². The van der Waals surface area contributed by atoms with Crippen molar-refractivity contribution in [1.82, 2.24) is 9.62 Å². The number of hydrogen-bond donors (Lipinski definition) is 2. The Kier molecular flexibility index (Phi) is 5.59. The first-order valence-corrected chi connectivity index (χ1v) is 10.0. The van der Waals surface area contributed by atoms with Crippen LogP contribution in [0.15, 0.2) is 29.2 Å². The van der Waals surface area contributed by atoms with Gasteiger partial charge in [0.05, 0.1) is 24.0 Å². The lowest BCUT2D eigenvalue weighted by atomic mass is 10.1. The van der Waals surface area contributed by atoms with Crippen LogP contribution >= 0.6 is 0 Å². The lowest BCUT2D eigenvalue weighted by Crippen LogP contribution is -2.40. The van der Waals surface area contributed by atoms with Gasteiger partial charge in [-0.1, -0.05) is 6.07 Å². The van der Waals surface area contributed by atoms with Crippen molar-refractivity contribution in [2.75, 3.05) is 26.3 Å². The van der Waals surface area contributed by atoms with Crippen molar-refractivity contribution in [2.24, 2.45) is 5.92 Å². The standard InChI is InChI=1S/C17H22N2O6S/c20-16(18-14-5-4-13(10-14)17(21)22)12-2-1-3-15(11-12)26(23,24)19-6-8-25-9-7-19/h1-3,11,13-14H,4-10H2,(H,18,20)(H,21,22)/t13-,14+/m0/s1. The lowest BCUT2D eigenvalue weighted by molar-refractivity contribution is -0.141. The molecule has 1 amide bonds. The molecule has 1 saturated carbocycles. The minimum absolute atomic E-state index is 0.0712. The Morgan fingerprint density at radius 3 is 2.58 bits per heavy atom. The number of morpholine rings is 1. The summed E-state index contributed by atoms with van der Waals surface area (Å²) >= 11 is 0. The van der Waals surface area contributed by atoms with E-state index in [0.29, 0.717) is 32.5 Å². The molecule has 1 saturated heterocycles. The van der Waals surface area contributed by atoms with Crippen molar-refractivity contribution in [2.45, 2.75) is 30.2 Å². The fraction of sp³-hybridized carbons (Fsp3) is 0.529. The number of ether oxygens (including phenoxy) is 1. The van der Waals surface area contributed by atoms with Gasteiger partial charge in [-0.2, -0.15) is 4.31 Å². The molecule has 1 aliphatic heterocycles. The minimum atomic E-state index is -3.67. The molecule has 1 aromatic carbocycles. The SMILES string of the molecule is O=C(N[C@@H]1CC[C@H](C(=O)O)C1)c1cccc(S(=O)(=O)N2CCOCC2)c1. The van der Waals surface area contributed by atoms with E-state index in [0.717, 1.165) is 0 Å². The molecule has 0 spiro atoms. The highest BCUT2D eigenvalue weighted by molar-refractivity contribution is 7.89. The Morgan fingerprint density at radius 2 is 1.92 bits per heavy atom. The molecular formula is C17H22N2O6S. The van der Waals surface area contributed by atoms with Crippen molar-refractivity contribution in [3.05, 3.63) is 29.8 Å². The number of carboxylic acid groups (broad SMARTS) is 1. The fourth-order valence-electron chi connectivity index (χ4n) is 3.34. The number of nitrogens with one attached hydrogen (secondary N) is 1. The number of aliphatic carboxylic acids is 1. The quantitative estimate of drug-likeness (QED) is 0.775. The molecule has 0 unspecified atom stereocenters. The molecular weight excluding hydrogens is 360 g/mol. The Bertz CT molecular complexity index is 788. The summed E-state index contributed by atoms with van der Waals surface area (Å²) < 4.78 is 31.9. The third kappa shape index (κ3) is 4.05. The van der Waals surface area contributed by atoms with Crippen molar-refractivity contribution in [3.8, 4) is 0 Å². The molecule has 142 valence electrons. The maximum atomic E-state index is 12.7. The Labute approximate surface area is 152 Å². The topological polar surface area (TPSA) is 113 Å². The van der Waals surface area contributed by atoms with Crippen molar-refractivity contribution >= 4 is 21.9 Å². The number of nitrogens with zero attached hydrogens (tertiary/aromatic N) is 1. The van der Waals surface area contributed by atoms with E-state index in [1.807, 2.05) is 0 Å². The van der Waals surface area contributed by atoms with Crippen LogP contribution in [0.4, 0.5) is 0 Å². The molecule has 2 N–H and O–H groups in total. The smallest absolute Gasteiger partial charge is 0.306 e. The molecule has 0 aromatic heterocycles. The van der Waals surface area contributed by atoms with E-state index in [1.165, 1.54) is 22.5 Å². The number of hydrogen-bond acceptors (Lipinski definition) is 5. The van der Waals surface area contributed by atoms with E-state index in [2.05, 4.69) is 5.32 Å². The number of amides is 1. The lowest BCUT2D eigenvalue weighted by Gasteiger charge is -2.26. The van der Waals surface area contributed by atoms with E-state index < -0.39 is 21.9 Å². The molecule has 1 aliphatic carbocycles. The molecule has 2 aliphatic rings. The van der Waals surface area contributed by atoms with Crippen molar-refractivity contribution in [1.29, 1.82) is 0 Å². The number of sulfonamides is 1. The van der Waals surface area contributed by atoms with Gasteiger partial charge in [-0.05, 0) is 37.5 Å². The summed E-state index contributed by atoms with van der Waals surface area (Å²) in [4.78, 5) is 23.5. The second-order valence-electron chi connectivity index (χ2n) is 6.56. The average Bonchev–Trinajstić information content (AvgIpc) is 3.11. The van der Waals surface area contributed by atoms with Crippen LogP contribution in [0.2, 0.25) is 0 Å². The van der Waals surface area contributed by atoms with Crippen molar-refractivity contribution < 1.29 is 27.9 Å². The summed E-state index contributed by atoms with van der Waals surface area (Å²) in [6.07, 6.45) is 1.53. The summed E-state index contributed by atoms with van der Waals surface area (Å²) in [5, 5.41) is 11.8. The zero-order valence-corrected chi connectivity index (χ0v) is 15.1. The predicted octanol–water partition coefficient (Wildman–Crippen LogP) is 0.691. The molecule has 26 heavy (non-hydrogen) atoms. The molecule has 3 rings (SSSR count). The van der Waals surface area contributed by atoms with Crippen LogP contribution in [0.1, 0.15) is 29.6 Å². The van der Waals surface area contributed by atoms with Gasteiger partial charge in [0.2, 0.25) is 10.0 Å². The first kappa shape index (κ1) is 18.8. The molecule has 2 fully saturated rings. The van der Waals surface area contributed by atoms with Gasteiger partial charge in [0.1, 0.15) is 0 Å². The summed E-state index contributed by atoms with van der Waals surface area (Å²) in [6, 6.07) is 5.72. The fourth-order valence-corrected chi connectivity index (χ4v) is 4.79. The molecule has 2 atom stereocenters. The monoisotopic (exact) mass is 382 g/mol. The first-order chi connectivity index (χ1) is 12.4. The van der Waals surface area contributed by atoms with E-state index in [1.54, 1.807) is 6.07 Å². The summed E-state index contributed by atoms with van der Waals surface area (Å²) in [5.41, 5.74) is 0.248. The van der Waals surface area contributed by atoms with Gasteiger partial charge in [0, 0.05) is 24.7 Å². The van der Waals surface area contributed by atoms with Crippen LogP contribution in [-0.2, 0) is 19.6 Å². The second kappa shape index (κ2) is 7.73. The van der Waals surface area contributed by atoms with Gasteiger partial charge < -0.3 is 15.2 Å². The first-order valence-electron chi connectivity index (χ1n) is 8.59. The molecule has 1 aromatic rings. The van der Waals surface area contributed by atoms with Crippen molar-refractivity contribution in [3.63, 3.8) is 0 Å².